The molecule has 0 saturated carbocycles. The van der Waals surface area contributed by atoms with Gasteiger partial charge in [-0.1, -0.05) is 18.2 Å². The van der Waals surface area contributed by atoms with E-state index in [0.29, 0.717) is 22.7 Å². The van der Waals surface area contributed by atoms with Gasteiger partial charge in [-0.2, -0.15) is 0 Å². The monoisotopic (exact) mass is 285 g/mol. The van der Waals surface area contributed by atoms with Gasteiger partial charge in [0.25, 0.3) is 5.56 Å². The third-order valence-corrected chi connectivity index (χ3v) is 3.20. The van der Waals surface area contributed by atoms with Gasteiger partial charge in [-0.15, -0.1) is 0 Å². The molecule has 21 heavy (non-hydrogen) atoms. The highest BCUT2D eigenvalue weighted by atomic mass is 16.5. The first-order valence-corrected chi connectivity index (χ1v) is 6.66. The fraction of sp³-hybridized carbons (Fsp3) is 0.200. The van der Waals surface area contributed by atoms with Gasteiger partial charge in [0.05, 0.1) is 5.69 Å². The van der Waals surface area contributed by atoms with E-state index >= 15 is 0 Å². The fourth-order valence-corrected chi connectivity index (χ4v) is 2.19. The Kier molecular flexibility index (Phi) is 3.70. The van der Waals surface area contributed by atoms with Crippen molar-refractivity contribution >= 4 is 5.65 Å². The number of nitrogens with one attached hydrogen (secondary N) is 1. The van der Waals surface area contributed by atoms with Crippen LogP contribution in [0.5, 0.6) is 5.75 Å². The second-order valence-corrected chi connectivity index (χ2v) is 4.57. The Balaban J connectivity index is 1.96. The molecule has 6 heteroatoms. The van der Waals surface area contributed by atoms with E-state index in [1.165, 1.54) is 4.52 Å². The van der Waals surface area contributed by atoms with Crippen LogP contribution in [0.2, 0.25) is 0 Å². The van der Waals surface area contributed by atoms with Crippen LogP contribution in [0.25, 0.3) is 5.65 Å². The number of benzene rings is 1. The summed E-state index contributed by atoms with van der Waals surface area (Å²) in [5.74, 6) is 0.712. The summed E-state index contributed by atoms with van der Waals surface area (Å²) in [7, 11) is 0. The molecule has 1 aromatic carbocycles. The van der Waals surface area contributed by atoms with Crippen molar-refractivity contribution in [3.05, 3.63) is 64.2 Å². The lowest BCUT2D eigenvalue weighted by molar-refractivity contribution is 0.287. The number of aromatic nitrogens is 3. The maximum Gasteiger partial charge on any atom is 0.276 e. The summed E-state index contributed by atoms with van der Waals surface area (Å²) < 4.78 is 7.02. The van der Waals surface area contributed by atoms with Crippen molar-refractivity contribution < 1.29 is 9.84 Å². The number of hydrogen-bond donors (Lipinski definition) is 2. The molecule has 0 radical (unpaired) electrons. The molecule has 0 atom stereocenters. The maximum atomic E-state index is 12.3. The lowest BCUT2D eigenvalue weighted by atomic mass is 10.1. The van der Waals surface area contributed by atoms with Crippen molar-refractivity contribution in [2.45, 2.75) is 13.0 Å². The molecule has 3 rings (SSSR count). The van der Waals surface area contributed by atoms with Gasteiger partial charge in [0.1, 0.15) is 12.4 Å². The summed E-state index contributed by atoms with van der Waals surface area (Å²) in [6.07, 6.45) is 1.90. The van der Waals surface area contributed by atoms with Crippen LogP contribution in [-0.4, -0.2) is 26.3 Å². The van der Waals surface area contributed by atoms with Gasteiger partial charge in [0.2, 0.25) is 0 Å². The fourth-order valence-electron chi connectivity index (χ4n) is 2.19. The molecule has 0 bridgehead atoms. The first-order chi connectivity index (χ1) is 10.3. The number of fused-ring (bicyclic) bond motifs is 1. The average molecular weight is 285 g/mol. The van der Waals surface area contributed by atoms with E-state index in [1.807, 2.05) is 30.3 Å². The third-order valence-electron chi connectivity index (χ3n) is 3.20. The van der Waals surface area contributed by atoms with Crippen molar-refractivity contribution in [2.75, 3.05) is 6.61 Å². The Morgan fingerprint density at radius 1 is 1.24 bits per heavy atom. The van der Waals surface area contributed by atoms with E-state index in [2.05, 4.69) is 10.1 Å². The highest BCUT2D eigenvalue weighted by molar-refractivity contribution is 5.39. The lowest BCUT2D eigenvalue weighted by Gasteiger charge is -2.09. The molecule has 3 aromatic rings. The van der Waals surface area contributed by atoms with E-state index in [0.717, 1.165) is 0 Å². The van der Waals surface area contributed by atoms with E-state index in [4.69, 9.17) is 9.84 Å². The minimum absolute atomic E-state index is 0.109. The number of aliphatic hydroxyl groups is 1. The number of aromatic amines is 1. The number of hydrogen-bond acceptors (Lipinski definition) is 4. The van der Waals surface area contributed by atoms with Crippen LogP contribution in [0.1, 0.15) is 11.3 Å². The molecule has 6 nitrogen and oxygen atoms in total. The minimum Gasteiger partial charge on any atom is -0.487 e. The van der Waals surface area contributed by atoms with Gasteiger partial charge in [0, 0.05) is 30.9 Å². The Morgan fingerprint density at radius 2 is 2.05 bits per heavy atom. The smallest absolute Gasteiger partial charge is 0.276 e. The molecule has 2 N–H and O–H groups in total. The summed E-state index contributed by atoms with van der Waals surface area (Å²) in [6, 6.07) is 11.1. The van der Waals surface area contributed by atoms with Crippen molar-refractivity contribution in [3.8, 4) is 5.75 Å². The van der Waals surface area contributed by atoms with Gasteiger partial charge < -0.3 is 9.84 Å². The van der Waals surface area contributed by atoms with Crippen molar-refractivity contribution in [3.63, 3.8) is 0 Å². The Hall–Kier alpha value is -2.60. The molecule has 0 spiro atoms. The first kappa shape index (κ1) is 13.4. The molecular formula is C15H15N3O3. The largest absolute Gasteiger partial charge is 0.487 e. The normalized spacial score (nSPS) is 10.9. The molecule has 0 aliphatic carbocycles. The summed E-state index contributed by atoms with van der Waals surface area (Å²) in [5, 5.41) is 12.0. The lowest BCUT2D eigenvalue weighted by Crippen LogP contribution is -2.24. The Morgan fingerprint density at radius 3 is 2.81 bits per heavy atom. The number of ether oxygens (including phenoxy) is 1. The predicted molar refractivity (Wildman–Crippen MR) is 77.4 cm³/mol. The number of H-pyrrole nitrogens is 1. The summed E-state index contributed by atoms with van der Waals surface area (Å²) >= 11 is 0. The van der Waals surface area contributed by atoms with E-state index in [-0.39, 0.29) is 25.2 Å². The molecule has 108 valence electrons. The molecule has 0 aliphatic rings. The Labute approximate surface area is 120 Å². The van der Waals surface area contributed by atoms with Gasteiger partial charge in [-0.3, -0.25) is 9.89 Å². The maximum absolute atomic E-state index is 12.3. The van der Waals surface area contributed by atoms with Gasteiger partial charge in [0.15, 0.2) is 5.65 Å². The zero-order valence-corrected chi connectivity index (χ0v) is 11.3. The summed E-state index contributed by atoms with van der Waals surface area (Å²) in [5.41, 5.74) is 1.35. The number of aliphatic hydroxyl groups excluding tert-OH is 1. The number of nitrogens with zero attached hydrogens (tertiary/aromatic N) is 2. The van der Waals surface area contributed by atoms with Crippen LogP contribution < -0.4 is 10.3 Å². The summed E-state index contributed by atoms with van der Waals surface area (Å²) in [4.78, 5) is 16.8. The molecule has 0 amide bonds. The highest BCUT2D eigenvalue weighted by Crippen LogP contribution is 2.12. The van der Waals surface area contributed by atoms with Crippen LogP contribution in [0, 0.1) is 0 Å². The van der Waals surface area contributed by atoms with Crippen molar-refractivity contribution in [1.82, 2.24) is 14.6 Å². The van der Waals surface area contributed by atoms with Gasteiger partial charge >= 0.3 is 0 Å². The molecule has 0 unspecified atom stereocenters. The second kappa shape index (κ2) is 5.80. The Bertz CT molecular complexity index is 793. The molecule has 0 aliphatic heterocycles. The molecule has 2 aromatic heterocycles. The molecule has 0 saturated heterocycles. The number of para-hydroxylation sites is 1. The predicted octanol–water partition coefficient (Wildman–Crippen LogP) is 1.14. The van der Waals surface area contributed by atoms with Crippen molar-refractivity contribution in [1.29, 1.82) is 0 Å². The quantitative estimate of drug-likeness (QED) is 0.736. The van der Waals surface area contributed by atoms with Gasteiger partial charge in [-0.25, -0.2) is 9.50 Å². The molecular weight excluding hydrogens is 270 g/mol. The highest BCUT2D eigenvalue weighted by Gasteiger charge is 2.13. The summed E-state index contributed by atoms with van der Waals surface area (Å²) in [6.45, 7) is 0.0816. The minimum atomic E-state index is -0.203. The van der Waals surface area contributed by atoms with E-state index in [9.17, 15) is 4.79 Å². The SMILES string of the molecule is O=c1c(CCO)c(COc2ccccc2)nc2cc[nH]n12. The third kappa shape index (κ3) is 2.66. The van der Waals surface area contributed by atoms with Crippen LogP contribution in [0.4, 0.5) is 0 Å². The van der Waals surface area contributed by atoms with Crippen LogP contribution >= 0.6 is 0 Å². The second-order valence-electron chi connectivity index (χ2n) is 4.57. The van der Waals surface area contributed by atoms with Crippen LogP contribution in [0.15, 0.2) is 47.4 Å². The molecule has 0 fully saturated rings. The van der Waals surface area contributed by atoms with Crippen molar-refractivity contribution in [2.24, 2.45) is 0 Å². The average Bonchev–Trinajstić information content (AvgIpc) is 2.98. The zero-order chi connectivity index (χ0) is 14.7. The standard InChI is InChI=1S/C15H15N3O3/c19-9-7-12-13(10-21-11-4-2-1-3-5-11)17-14-6-8-16-18(14)15(12)20/h1-6,8,16,19H,7,9-10H2. The van der Waals surface area contributed by atoms with E-state index in [1.54, 1.807) is 12.3 Å². The van der Waals surface area contributed by atoms with Crippen LogP contribution in [-0.2, 0) is 13.0 Å². The zero-order valence-electron chi connectivity index (χ0n) is 11.3. The topological polar surface area (TPSA) is 79.6 Å². The first-order valence-electron chi connectivity index (χ1n) is 6.66. The molecule has 2 heterocycles. The number of rotatable bonds is 5. The van der Waals surface area contributed by atoms with E-state index < -0.39 is 0 Å². The van der Waals surface area contributed by atoms with Gasteiger partial charge in [-0.05, 0) is 12.1 Å². The van der Waals surface area contributed by atoms with Crippen LogP contribution in [0.3, 0.4) is 0 Å².